The molecule has 0 aliphatic carbocycles. The van der Waals surface area contributed by atoms with Crippen LogP contribution >= 0.6 is 0 Å². The Morgan fingerprint density at radius 2 is 1.90 bits per heavy atom. The Hall–Kier alpha value is -2.29. The van der Waals surface area contributed by atoms with Crippen LogP contribution in [0.5, 0.6) is 5.75 Å². The molecule has 3 nitrogen and oxygen atoms in total. The van der Waals surface area contributed by atoms with Gasteiger partial charge in [0.25, 0.3) is 5.91 Å². The number of amides is 1. The van der Waals surface area contributed by atoms with E-state index < -0.39 is 0 Å². The molecule has 1 N–H and O–H groups in total. The van der Waals surface area contributed by atoms with Crippen molar-refractivity contribution in [2.24, 2.45) is 0 Å². The molecular weight excluding hydrogens is 250 g/mol. The van der Waals surface area contributed by atoms with Gasteiger partial charge < -0.3 is 10.1 Å². The summed E-state index contributed by atoms with van der Waals surface area (Å²) in [5, 5.41) is 2.85. The van der Waals surface area contributed by atoms with Crippen LogP contribution < -0.4 is 10.1 Å². The van der Waals surface area contributed by atoms with Crippen LogP contribution in [0.15, 0.2) is 54.6 Å². The number of nitrogens with one attached hydrogen (secondary N) is 1. The SMILES string of the molecule is Cc1cccc(OCC(=O)NCCc2ccccc2)c1. The van der Waals surface area contributed by atoms with Gasteiger partial charge >= 0.3 is 0 Å². The van der Waals surface area contributed by atoms with Crippen LogP contribution in [0.2, 0.25) is 0 Å². The van der Waals surface area contributed by atoms with Crippen molar-refractivity contribution in [3.05, 3.63) is 65.7 Å². The molecule has 2 aromatic carbocycles. The van der Waals surface area contributed by atoms with Crippen LogP contribution in [0.25, 0.3) is 0 Å². The molecule has 0 saturated heterocycles. The fourth-order valence-corrected chi connectivity index (χ4v) is 1.90. The van der Waals surface area contributed by atoms with E-state index in [1.807, 2.05) is 49.4 Å². The topological polar surface area (TPSA) is 38.3 Å². The average Bonchev–Trinajstić information content (AvgIpc) is 2.46. The molecule has 20 heavy (non-hydrogen) atoms. The Bertz CT molecular complexity index is 552. The summed E-state index contributed by atoms with van der Waals surface area (Å²) in [7, 11) is 0. The first-order valence-corrected chi connectivity index (χ1v) is 6.74. The van der Waals surface area contributed by atoms with Crippen LogP contribution in [0.3, 0.4) is 0 Å². The predicted octanol–water partition coefficient (Wildman–Crippen LogP) is 2.73. The average molecular weight is 269 g/mol. The van der Waals surface area contributed by atoms with E-state index in [1.54, 1.807) is 0 Å². The Morgan fingerprint density at radius 3 is 2.65 bits per heavy atom. The lowest BCUT2D eigenvalue weighted by Crippen LogP contribution is -2.30. The molecule has 0 fully saturated rings. The van der Waals surface area contributed by atoms with Gasteiger partial charge in [0.1, 0.15) is 5.75 Å². The maximum absolute atomic E-state index is 11.7. The zero-order valence-corrected chi connectivity index (χ0v) is 11.6. The number of carbonyl (C=O) groups excluding carboxylic acids is 1. The van der Waals surface area contributed by atoms with Crippen LogP contribution in [0.1, 0.15) is 11.1 Å². The largest absolute Gasteiger partial charge is 0.484 e. The van der Waals surface area contributed by atoms with Gasteiger partial charge in [0.05, 0.1) is 0 Å². The van der Waals surface area contributed by atoms with E-state index in [0.717, 1.165) is 17.7 Å². The van der Waals surface area contributed by atoms with E-state index in [2.05, 4.69) is 17.4 Å². The highest BCUT2D eigenvalue weighted by Gasteiger charge is 2.02. The summed E-state index contributed by atoms with van der Waals surface area (Å²) in [4.78, 5) is 11.7. The van der Waals surface area contributed by atoms with Gasteiger partial charge in [-0.25, -0.2) is 0 Å². The van der Waals surface area contributed by atoms with E-state index in [1.165, 1.54) is 5.56 Å². The van der Waals surface area contributed by atoms with Gasteiger partial charge in [-0.15, -0.1) is 0 Å². The monoisotopic (exact) mass is 269 g/mol. The minimum Gasteiger partial charge on any atom is -0.484 e. The Balaban J connectivity index is 1.68. The molecule has 2 rings (SSSR count). The Kier molecular flexibility index (Phi) is 5.18. The first kappa shape index (κ1) is 14.1. The number of carbonyl (C=O) groups is 1. The van der Waals surface area contributed by atoms with E-state index in [9.17, 15) is 4.79 Å². The first-order chi connectivity index (χ1) is 9.74. The highest BCUT2D eigenvalue weighted by molar-refractivity contribution is 5.77. The van der Waals surface area contributed by atoms with E-state index in [0.29, 0.717) is 6.54 Å². The van der Waals surface area contributed by atoms with Crippen molar-refractivity contribution >= 4 is 5.91 Å². The maximum atomic E-state index is 11.7. The fraction of sp³-hybridized carbons (Fsp3) is 0.235. The molecular formula is C17H19NO2. The van der Waals surface area contributed by atoms with Crippen molar-refractivity contribution in [3.63, 3.8) is 0 Å². The third kappa shape index (κ3) is 4.76. The highest BCUT2D eigenvalue weighted by atomic mass is 16.5. The molecule has 0 heterocycles. The molecule has 0 spiro atoms. The molecule has 104 valence electrons. The van der Waals surface area contributed by atoms with Crippen molar-refractivity contribution < 1.29 is 9.53 Å². The third-order valence-corrected chi connectivity index (χ3v) is 2.94. The number of hydrogen-bond donors (Lipinski definition) is 1. The van der Waals surface area contributed by atoms with Crippen LogP contribution in [-0.2, 0) is 11.2 Å². The van der Waals surface area contributed by atoms with Gasteiger partial charge in [-0.05, 0) is 36.6 Å². The second-order valence-corrected chi connectivity index (χ2v) is 4.69. The zero-order chi connectivity index (χ0) is 14.2. The van der Waals surface area contributed by atoms with Crippen molar-refractivity contribution in [2.75, 3.05) is 13.2 Å². The number of rotatable bonds is 6. The Morgan fingerprint density at radius 1 is 1.10 bits per heavy atom. The number of hydrogen-bond acceptors (Lipinski definition) is 2. The first-order valence-electron chi connectivity index (χ1n) is 6.74. The molecule has 0 aliphatic rings. The van der Waals surface area contributed by atoms with Gasteiger partial charge in [-0.1, -0.05) is 42.5 Å². The van der Waals surface area contributed by atoms with Gasteiger partial charge in [0.2, 0.25) is 0 Å². The van der Waals surface area contributed by atoms with Crippen molar-refractivity contribution in [1.82, 2.24) is 5.32 Å². The molecule has 2 aromatic rings. The van der Waals surface area contributed by atoms with Gasteiger partial charge in [0, 0.05) is 6.54 Å². The summed E-state index contributed by atoms with van der Waals surface area (Å²) in [5.41, 5.74) is 2.33. The number of benzene rings is 2. The Labute approximate surface area is 119 Å². The smallest absolute Gasteiger partial charge is 0.257 e. The molecule has 0 bridgehead atoms. The lowest BCUT2D eigenvalue weighted by molar-refractivity contribution is -0.123. The summed E-state index contributed by atoms with van der Waals surface area (Å²) in [6.45, 7) is 2.67. The molecule has 0 radical (unpaired) electrons. The third-order valence-electron chi connectivity index (χ3n) is 2.94. The second-order valence-electron chi connectivity index (χ2n) is 4.69. The molecule has 0 aromatic heterocycles. The zero-order valence-electron chi connectivity index (χ0n) is 11.6. The summed E-state index contributed by atoms with van der Waals surface area (Å²) >= 11 is 0. The molecule has 1 amide bonds. The minimum absolute atomic E-state index is 0.0538. The number of ether oxygens (including phenoxy) is 1. The van der Waals surface area contributed by atoms with Gasteiger partial charge in [0.15, 0.2) is 6.61 Å². The number of aryl methyl sites for hydroxylation is 1. The van der Waals surface area contributed by atoms with Crippen molar-refractivity contribution in [3.8, 4) is 5.75 Å². The second kappa shape index (κ2) is 7.34. The normalized spacial score (nSPS) is 10.1. The maximum Gasteiger partial charge on any atom is 0.257 e. The molecule has 0 saturated carbocycles. The lowest BCUT2D eigenvalue weighted by Gasteiger charge is -2.08. The quantitative estimate of drug-likeness (QED) is 0.875. The van der Waals surface area contributed by atoms with E-state index in [4.69, 9.17) is 4.74 Å². The summed E-state index contributed by atoms with van der Waals surface area (Å²) in [5.74, 6) is 0.630. The van der Waals surface area contributed by atoms with E-state index >= 15 is 0 Å². The molecule has 0 aliphatic heterocycles. The van der Waals surface area contributed by atoms with Crippen molar-refractivity contribution in [1.29, 1.82) is 0 Å². The van der Waals surface area contributed by atoms with Crippen LogP contribution in [0, 0.1) is 6.92 Å². The summed E-state index contributed by atoms with van der Waals surface area (Å²) < 4.78 is 5.44. The van der Waals surface area contributed by atoms with Gasteiger partial charge in [-0.2, -0.15) is 0 Å². The lowest BCUT2D eigenvalue weighted by atomic mass is 10.1. The fourth-order valence-electron chi connectivity index (χ4n) is 1.90. The van der Waals surface area contributed by atoms with Crippen LogP contribution in [-0.4, -0.2) is 19.1 Å². The summed E-state index contributed by atoms with van der Waals surface area (Å²) in [6, 6.07) is 17.8. The minimum atomic E-state index is -0.0950. The standard InChI is InChI=1S/C17H19NO2/c1-14-6-5-9-16(12-14)20-13-17(19)18-11-10-15-7-3-2-4-8-15/h2-9,12H,10-11,13H2,1H3,(H,18,19). The molecule has 0 atom stereocenters. The van der Waals surface area contributed by atoms with Gasteiger partial charge in [-0.3, -0.25) is 4.79 Å². The summed E-state index contributed by atoms with van der Waals surface area (Å²) in [6.07, 6.45) is 0.830. The highest BCUT2D eigenvalue weighted by Crippen LogP contribution is 2.11. The van der Waals surface area contributed by atoms with Crippen LogP contribution in [0.4, 0.5) is 0 Å². The molecule has 3 heteroatoms. The van der Waals surface area contributed by atoms with Crippen molar-refractivity contribution in [2.45, 2.75) is 13.3 Å². The van der Waals surface area contributed by atoms with E-state index in [-0.39, 0.29) is 12.5 Å². The predicted molar refractivity (Wildman–Crippen MR) is 79.8 cm³/mol. The molecule has 0 unspecified atom stereocenters.